The summed E-state index contributed by atoms with van der Waals surface area (Å²) < 4.78 is 33.1. The highest BCUT2D eigenvalue weighted by atomic mass is 79.9. The maximum Gasteiger partial charge on any atom is 0.417 e. The molecule has 1 saturated heterocycles. The van der Waals surface area contributed by atoms with Crippen LogP contribution in [-0.2, 0) is 14.0 Å². The van der Waals surface area contributed by atoms with Gasteiger partial charge in [-0.15, -0.1) is 0 Å². The average Bonchev–Trinajstić information content (AvgIpc) is 3.48. The summed E-state index contributed by atoms with van der Waals surface area (Å²) in [5.74, 6) is -1.03. The summed E-state index contributed by atoms with van der Waals surface area (Å²) in [4.78, 5) is 29.7. The third-order valence-electron chi connectivity index (χ3n) is 8.35. The van der Waals surface area contributed by atoms with Crippen LogP contribution in [0.4, 0.5) is 14.9 Å². The molecule has 1 aliphatic heterocycles. The van der Waals surface area contributed by atoms with Crippen LogP contribution in [0.2, 0.25) is 19.6 Å². The fraction of sp³-hybridized carbons (Fsp3) is 0.282. The van der Waals surface area contributed by atoms with E-state index in [1.54, 1.807) is 42.5 Å². The fourth-order valence-electron chi connectivity index (χ4n) is 6.10. The number of ether oxygens (including phenoxy) is 2. The molecular weight excluding hydrogens is 719 g/mol. The highest BCUT2D eigenvalue weighted by molar-refractivity contribution is 9.10. The number of carbonyl (C=O) groups is 2. The quantitative estimate of drug-likeness (QED) is 0.0708. The highest BCUT2D eigenvalue weighted by Gasteiger charge is 2.45. The second kappa shape index (κ2) is 16.5. The topological polar surface area (TPSA) is 97.3 Å². The maximum absolute atomic E-state index is 15.1. The minimum absolute atomic E-state index is 0.0281. The molecule has 50 heavy (non-hydrogen) atoms. The lowest BCUT2D eigenvalue weighted by Crippen LogP contribution is -2.42. The van der Waals surface area contributed by atoms with Gasteiger partial charge in [-0.3, -0.25) is 4.79 Å². The Hall–Kier alpha value is -4.45. The van der Waals surface area contributed by atoms with Gasteiger partial charge in [0.05, 0.1) is 18.1 Å². The second-order valence-corrected chi connectivity index (χ2v) is 18.5. The molecule has 4 aromatic rings. The first-order valence-corrected chi connectivity index (χ1v) is 20.7. The summed E-state index contributed by atoms with van der Waals surface area (Å²) in [7, 11) is -2.13. The fourth-order valence-corrected chi connectivity index (χ4v) is 7.54. The number of benzene rings is 4. The number of imide groups is 1. The lowest BCUT2D eigenvalue weighted by molar-refractivity contribution is -0.134. The molecule has 11 heteroatoms. The number of phenols is 1. The van der Waals surface area contributed by atoms with Crippen LogP contribution in [0.1, 0.15) is 47.7 Å². The van der Waals surface area contributed by atoms with Crippen LogP contribution in [0.5, 0.6) is 11.5 Å². The smallest absolute Gasteiger partial charge is 0.417 e. The molecule has 4 aromatic carbocycles. The molecule has 1 heterocycles. The summed E-state index contributed by atoms with van der Waals surface area (Å²) >= 11 is 3.55. The Labute approximate surface area is 302 Å². The summed E-state index contributed by atoms with van der Waals surface area (Å²) in [6, 6.07) is 26.4. The van der Waals surface area contributed by atoms with Crippen LogP contribution in [-0.4, -0.2) is 43.5 Å². The number of anilines is 1. The Morgan fingerprint density at radius 1 is 1.06 bits per heavy atom. The number of carbonyl (C=O) groups excluding carboxylic acids is 2. The number of amides is 2. The Balaban J connectivity index is 1.63. The van der Waals surface area contributed by atoms with Crippen LogP contribution in [0.15, 0.2) is 114 Å². The van der Waals surface area contributed by atoms with E-state index < -0.39 is 44.4 Å². The number of rotatable bonds is 15. The van der Waals surface area contributed by atoms with Crippen molar-refractivity contribution in [2.75, 3.05) is 18.5 Å². The third-order valence-corrected chi connectivity index (χ3v) is 9.83. The van der Waals surface area contributed by atoms with Gasteiger partial charge in [-0.25, -0.2) is 14.1 Å². The number of aromatic hydroxyl groups is 1. The van der Waals surface area contributed by atoms with E-state index in [4.69, 9.17) is 13.9 Å². The number of halogens is 2. The predicted molar refractivity (Wildman–Crippen MR) is 198 cm³/mol. The third kappa shape index (κ3) is 9.41. The van der Waals surface area contributed by atoms with E-state index in [0.717, 1.165) is 15.6 Å². The van der Waals surface area contributed by atoms with Crippen LogP contribution >= 0.6 is 15.9 Å². The average molecular weight is 762 g/mol. The molecule has 2 N–H and O–H groups in total. The summed E-state index contributed by atoms with van der Waals surface area (Å²) in [6.45, 7) is 10.3. The largest absolute Gasteiger partial charge is 0.508 e. The van der Waals surface area contributed by atoms with Gasteiger partial charge in [0.15, 0.2) is 8.32 Å². The molecule has 4 atom stereocenters. The molecule has 0 aliphatic carbocycles. The number of hydrogen-bond donors (Lipinski definition) is 2. The van der Waals surface area contributed by atoms with E-state index in [9.17, 15) is 14.3 Å². The molecule has 8 nitrogen and oxygen atoms in total. The van der Waals surface area contributed by atoms with Crippen molar-refractivity contribution in [2.45, 2.75) is 50.7 Å². The van der Waals surface area contributed by atoms with E-state index in [-0.39, 0.29) is 31.2 Å². The van der Waals surface area contributed by atoms with Gasteiger partial charge in [-0.05, 0) is 92.1 Å². The van der Waals surface area contributed by atoms with Crippen molar-refractivity contribution in [3.63, 3.8) is 0 Å². The number of phenolic OH excluding ortho intramolecular Hbond substituents is 1. The van der Waals surface area contributed by atoms with Crippen molar-refractivity contribution in [3.05, 3.63) is 137 Å². The Morgan fingerprint density at radius 3 is 2.42 bits per heavy atom. The monoisotopic (exact) mass is 760 g/mol. The van der Waals surface area contributed by atoms with Gasteiger partial charge in [-0.2, -0.15) is 0 Å². The SMILES string of the molecule is C=CCOc1cc(Br)ccc1[C@@H](Nc1ccc(O)cc1)[C@@H](CC[C@H](O[Si](C)(C)C)c1ccc(F)cc1)C(=O)N1C(=O)OC[C@@H]1c1ccccc1. The number of cyclic esters (lactones) is 1. The molecule has 0 bridgehead atoms. The van der Waals surface area contributed by atoms with Crippen molar-refractivity contribution in [2.24, 2.45) is 5.92 Å². The van der Waals surface area contributed by atoms with Crippen molar-refractivity contribution >= 4 is 41.9 Å². The zero-order valence-corrected chi connectivity index (χ0v) is 30.9. The first-order chi connectivity index (χ1) is 23.9. The van der Waals surface area contributed by atoms with Gasteiger partial charge in [0.25, 0.3) is 0 Å². The lowest BCUT2D eigenvalue weighted by atomic mass is 9.85. The van der Waals surface area contributed by atoms with E-state index >= 15 is 4.79 Å². The van der Waals surface area contributed by atoms with E-state index in [1.807, 2.05) is 48.5 Å². The molecular formula is C39H42BrFN2O6Si. The number of nitrogens with one attached hydrogen (secondary N) is 1. The normalized spacial score (nSPS) is 16.3. The molecule has 0 spiro atoms. The van der Waals surface area contributed by atoms with Gasteiger partial charge in [0.2, 0.25) is 5.91 Å². The zero-order chi connectivity index (χ0) is 35.8. The zero-order valence-electron chi connectivity index (χ0n) is 28.4. The van der Waals surface area contributed by atoms with Crippen molar-refractivity contribution in [1.82, 2.24) is 4.90 Å². The molecule has 2 amide bonds. The van der Waals surface area contributed by atoms with Crippen molar-refractivity contribution < 1.29 is 33.0 Å². The number of hydrogen-bond acceptors (Lipinski definition) is 7. The maximum atomic E-state index is 15.1. The summed E-state index contributed by atoms with van der Waals surface area (Å²) in [5.41, 5.74) is 2.89. The first-order valence-electron chi connectivity index (χ1n) is 16.5. The molecule has 0 saturated carbocycles. The van der Waals surface area contributed by atoms with Gasteiger partial charge < -0.3 is 24.3 Å². The molecule has 262 valence electrons. The van der Waals surface area contributed by atoms with Crippen LogP contribution in [0, 0.1) is 11.7 Å². The van der Waals surface area contributed by atoms with Gasteiger partial charge in [0, 0.05) is 15.7 Å². The highest BCUT2D eigenvalue weighted by Crippen LogP contribution is 2.42. The Morgan fingerprint density at radius 2 is 1.76 bits per heavy atom. The molecule has 1 fully saturated rings. The second-order valence-electron chi connectivity index (χ2n) is 13.1. The lowest BCUT2D eigenvalue weighted by Gasteiger charge is -2.34. The van der Waals surface area contributed by atoms with Crippen LogP contribution in [0.3, 0.4) is 0 Å². The van der Waals surface area contributed by atoms with Gasteiger partial charge in [0.1, 0.15) is 36.6 Å². The summed E-state index contributed by atoms with van der Waals surface area (Å²) in [6.07, 6.45) is 1.14. The minimum Gasteiger partial charge on any atom is -0.508 e. The van der Waals surface area contributed by atoms with Crippen molar-refractivity contribution in [1.29, 1.82) is 0 Å². The van der Waals surface area contributed by atoms with E-state index in [0.29, 0.717) is 23.4 Å². The van der Waals surface area contributed by atoms with Gasteiger partial charge in [-0.1, -0.05) is 77.1 Å². The molecule has 0 radical (unpaired) electrons. The Kier molecular flexibility index (Phi) is 12.2. The first kappa shape index (κ1) is 36.8. The van der Waals surface area contributed by atoms with E-state index in [1.165, 1.54) is 17.0 Å². The molecule has 5 rings (SSSR count). The van der Waals surface area contributed by atoms with Gasteiger partial charge >= 0.3 is 6.09 Å². The molecule has 1 aliphatic rings. The number of nitrogens with zero attached hydrogens (tertiary/aromatic N) is 1. The molecule has 0 aromatic heterocycles. The Bertz CT molecular complexity index is 1770. The van der Waals surface area contributed by atoms with Crippen molar-refractivity contribution in [3.8, 4) is 11.5 Å². The van der Waals surface area contributed by atoms with E-state index in [2.05, 4.69) is 47.5 Å². The van der Waals surface area contributed by atoms with Crippen LogP contribution in [0.25, 0.3) is 0 Å². The minimum atomic E-state index is -2.13. The summed E-state index contributed by atoms with van der Waals surface area (Å²) in [5, 5.41) is 13.6. The standard InChI is InChI=1S/C39H42BrFN2O6Si/c1-5-23-47-36-24-28(40)13-20-32(36)37(42-30-16-18-31(44)19-17-30)33(21-22-35(49-50(2,3)4)27-11-14-29(41)15-12-27)38(45)43-34(25-48-39(43)46)26-9-7-6-8-10-26/h5-20,24,33-35,37,42,44H,1,21-23,25H2,2-4H3/t33-,34-,35+,37-/m1/s1. The van der Waals surface area contributed by atoms with Crippen LogP contribution < -0.4 is 10.1 Å². The predicted octanol–water partition coefficient (Wildman–Crippen LogP) is 9.72. The molecule has 0 unspecified atom stereocenters.